The van der Waals surface area contributed by atoms with Crippen molar-refractivity contribution in [2.24, 2.45) is 0 Å². The van der Waals surface area contributed by atoms with Gasteiger partial charge in [0.15, 0.2) is 0 Å². The summed E-state index contributed by atoms with van der Waals surface area (Å²) in [5.41, 5.74) is -0.138. The molecular weight excluding hydrogens is 460 g/mol. The number of aliphatic hydroxyl groups is 1. The summed E-state index contributed by atoms with van der Waals surface area (Å²) in [4.78, 5) is 10.8. The predicted octanol–water partition coefficient (Wildman–Crippen LogP) is 1.78. The van der Waals surface area contributed by atoms with Crippen molar-refractivity contribution in [3.05, 3.63) is 48.0 Å². The molecule has 1 saturated carbocycles. The van der Waals surface area contributed by atoms with Crippen LogP contribution < -0.4 is 14.2 Å². The first-order valence-electron chi connectivity index (χ1n) is 9.76. The maximum atomic E-state index is 12.8. The number of methoxy groups -OCH3 is 1. The highest BCUT2D eigenvalue weighted by atomic mass is 32.2. The minimum absolute atomic E-state index is 0.0305. The number of anilines is 1. The quantitative estimate of drug-likeness (QED) is 0.441. The molecule has 1 aliphatic carbocycles. The summed E-state index contributed by atoms with van der Waals surface area (Å²) in [5.74, 6) is -1.33. The van der Waals surface area contributed by atoms with Crippen LogP contribution >= 0.6 is 0 Å². The number of hydrogen-bond donors (Lipinski definition) is 4. The number of carbonyl (C=O) groups is 1. The van der Waals surface area contributed by atoms with Gasteiger partial charge in [0.2, 0.25) is 10.0 Å². The van der Waals surface area contributed by atoms with Gasteiger partial charge < -0.3 is 14.9 Å². The van der Waals surface area contributed by atoms with Crippen LogP contribution in [-0.4, -0.2) is 52.3 Å². The Hall–Kier alpha value is -2.67. The van der Waals surface area contributed by atoms with Crippen LogP contribution in [0.5, 0.6) is 5.75 Å². The maximum absolute atomic E-state index is 12.8. The molecule has 0 amide bonds. The first-order valence-corrected chi connectivity index (χ1v) is 12.7. The summed E-state index contributed by atoms with van der Waals surface area (Å²) in [6.45, 7) is 0. The first kappa shape index (κ1) is 24.0. The second-order valence-corrected chi connectivity index (χ2v) is 10.8. The standard InChI is InChI=1S/C20H24N2O8S2/c1-30-18-11-2-13(20(24)25)12-19(18)32(28,29)22-15-5-9-17(10-6-15)31(26,27)21-14-3-7-16(23)8-4-14/h2,5-6,9-12,14,16,21-23H,3-4,7-8H2,1H3,(H,24,25). The van der Waals surface area contributed by atoms with Crippen molar-refractivity contribution in [1.29, 1.82) is 0 Å². The molecule has 174 valence electrons. The molecule has 0 unspecified atom stereocenters. The molecule has 32 heavy (non-hydrogen) atoms. The third-order valence-corrected chi connectivity index (χ3v) is 8.07. The lowest BCUT2D eigenvalue weighted by atomic mass is 9.94. The topological polar surface area (TPSA) is 159 Å². The van der Waals surface area contributed by atoms with Crippen LogP contribution in [0.4, 0.5) is 5.69 Å². The highest BCUT2D eigenvalue weighted by Gasteiger charge is 2.25. The fourth-order valence-electron chi connectivity index (χ4n) is 3.41. The highest BCUT2D eigenvalue weighted by molar-refractivity contribution is 7.92. The van der Waals surface area contributed by atoms with Gasteiger partial charge in [0.25, 0.3) is 10.0 Å². The number of aliphatic hydroxyl groups excluding tert-OH is 1. The van der Waals surface area contributed by atoms with E-state index < -0.39 is 32.1 Å². The second kappa shape index (κ2) is 9.45. The van der Waals surface area contributed by atoms with Gasteiger partial charge in [0, 0.05) is 11.7 Å². The Bertz CT molecular complexity index is 1190. The van der Waals surface area contributed by atoms with E-state index >= 15 is 0 Å². The van der Waals surface area contributed by atoms with Crippen molar-refractivity contribution in [2.75, 3.05) is 11.8 Å². The van der Waals surface area contributed by atoms with Crippen molar-refractivity contribution in [3.63, 3.8) is 0 Å². The van der Waals surface area contributed by atoms with Gasteiger partial charge in [-0.15, -0.1) is 0 Å². The molecule has 12 heteroatoms. The monoisotopic (exact) mass is 484 g/mol. The van der Waals surface area contributed by atoms with E-state index in [0.717, 1.165) is 6.07 Å². The second-order valence-electron chi connectivity index (χ2n) is 7.43. The molecule has 2 aromatic carbocycles. The number of sulfonamides is 2. The van der Waals surface area contributed by atoms with Crippen LogP contribution in [0.3, 0.4) is 0 Å². The summed E-state index contributed by atoms with van der Waals surface area (Å²) < 4.78 is 60.7. The minimum atomic E-state index is -4.22. The van der Waals surface area contributed by atoms with Crippen LogP contribution in [0.15, 0.2) is 52.3 Å². The molecule has 1 aliphatic rings. The molecule has 0 aliphatic heterocycles. The van der Waals surface area contributed by atoms with Gasteiger partial charge >= 0.3 is 5.97 Å². The van der Waals surface area contributed by atoms with E-state index in [1.165, 1.54) is 43.5 Å². The Labute approximate surface area is 186 Å². The van der Waals surface area contributed by atoms with E-state index in [2.05, 4.69) is 9.44 Å². The van der Waals surface area contributed by atoms with Crippen molar-refractivity contribution in [2.45, 2.75) is 47.6 Å². The van der Waals surface area contributed by atoms with Gasteiger partial charge in [0.05, 0.1) is 23.7 Å². The summed E-state index contributed by atoms with van der Waals surface area (Å²) in [5, 5.41) is 18.7. The Kier molecular flexibility index (Phi) is 7.08. The van der Waals surface area contributed by atoms with E-state index in [1.807, 2.05) is 0 Å². The van der Waals surface area contributed by atoms with Crippen molar-refractivity contribution >= 4 is 31.7 Å². The molecule has 2 aromatic rings. The number of rotatable bonds is 8. The largest absolute Gasteiger partial charge is 0.495 e. The normalized spacial score (nSPS) is 19.3. The number of ether oxygens (including phenoxy) is 1. The summed E-state index contributed by atoms with van der Waals surface area (Å²) in [7, 11) is -6.77. The minimum Gasteiger partial charge on any atom is -0.495 e. The molecule has 1 fully saturated rings. The Morgan fingerprint density at radius 1 is 0.969 bits per heavy atom. The van der Waals surface area contributed by atoms with Crippen molar-refractivity contribution < 1.29 is 36.6 Å². The fourth-order valence-corrected chi connectivity index (χ4v) is 5.97. The van der Waals surface area contributed by atoms with Gasteiger partial charge in [-0.3, -0.25) is 4.72 Å². The van der Waals surface area contributed by atoms with E-state index in [1.54, 1.807) is 0 Å². The van der Waals surface area contributed by atoms with Crippen molar-refractivity contribution in [1.82, 2.24) is 4.72 Å². The van der Waals surface area contributed by atoms with Crippen LogP contribution in [0.1, 0.15) is 36.0 Å². The van der Waals surface area contributed by atoms with Gasteiger partial charge in [-0.2, -0.15) is 0 Å². The number of carboxylic acid groups (broad SMARTS) is 1. The van der Waals surface area contributed by atoms with Crippen molar-refractivity contribution in [3.8, 4) is 5.75 Å². The van der Waals surface area contributed by atoms with Gasteiger partial charge in [-0.1, -0.05) is 0 Å². The summed E-state index contributed by atoms with van der Waals surface area (Å²) in [6, 6.07) is 8.30. The van der Waals surface area contributed by atoms with Crippen LogP contribution in [0.25, 0.3) is 0 Å². The molecule has 4 N–H and O–H groups in total. The molecule has 0 atom stereocenters. The zero-order valence-corrected chi connectivity index (χ0v) is 18.8. The SMILES string of the molecule is COc1ccc(C(=O)O)cc1S(=O)(=O)Nc1ccc(S(=O)(=O)NC2CCC(O)CC2)cc1. The molecule has 0 bridgehead atoms. The summed E-state index contributed by atoms with van der Waals surface area (Å²) in [6.07, 6.45) is 1.73. The molecule has 3 rings (SSSR count). The molecule has 0 aromatic heterocycles. The van der Waals surface area contributed by atoms with E-state index in [4.69, 9.17) is 9.84 Å². The molecule has 0 radical (unpaired) electrons. The lowest BCUT2D eigenvalue weighted by Crippen LogP contribution is -2.38. The lowest BCUT2D eigenvalue weighted by Gasteiger charge is -2.26. The lowest BCUT2D eigenvalue weighted by molar-refractivity contribution is 0.0696. The molecule has 0 saturated heterocycles. The first-order chi connectivity index (χ1) is 15.0. The van der Waals surface area contributed by atoms with Gasteiger partial charge in [-0.05, 0) is 68.1 Å². The molecular formula is C20H24N2O8S2. The highest BCUT2D eigenvalue weighted by Crippen LogP contribution is 2.28. The number of aromatic carboxylic acids is 1. The maximum Gasteiger partial charge on any atom is 0.335 e. The Balaban J connectivity index is 1.78. The Morgan fingerprint density at radius 2 is 1.59 bits per heavy atom. The van der Waals surface area contributed by atoms with Crippen LogP contribution in [0.2, 0.25) is 0 Å². The zero-order chi connectivity index (χ0) is 23.5. The average Bonchev–Trinajstić information content (AvgIpc) is 2.75. The number of benzene rings is 2. The van der Waals surface area contributed by atoms with Crippen LogP contribution in [-0.2, 0) is 20.0 Å². The van der Waals surface area contributed by atoms with Gasteiger partial charge in [0.1, 0.15) is 10.6 Å². The fraction of sp³-hybridized carbons (Fsp3) is 0.350. The smallest absolute Gasteiger partial charge is 0.335 e. The average molecular weight is 485 g/mol. The Morgan fingerprint density at radius 3 is 2.16 bits per heavy atom. The van der Waals surface area contributed by atoms with E-state index in [9.17, 15) is 26.7 Å². The zero-order valence-electron chi connectivity index (χ0n) is 17.2. The molecule has 0 heterocycles. The molecule has 0 spiro atoms. The third-order valence-electron chi connectivity index (χ3n) is 5.14. The van der Waals surface area contributed by atoms with E-state index in [-0.39, 0.29) is 32.8 Å². The number of carboxylic acids is 1. The van der Waals surface area contributed by atoms with Crippen LogP contribution in [0, 0.1) is 0 Å². The third kappa shape index (κ3) is 5.57. The summed E-state index contributed by atoms with van der Waals surface area (Å²) >= 11 is 0. The predicted molar refractivity (Wildman–Crippen MR) is 116 cm³/mol. The number of nitrogens with one attached hydrogen (secondary N) is 2. The van der Waals surface area contributed by atoms with Gasteiger partial charge in [-0.25, -0.2) is 26.4 Å². The molecule has 10 nitrogen and oxygen atoms in total. The van der Waals surface area contributed by atoms with E-state index in [0.29, 0.717) is 25.7 Å². The number of hydrogen-bond acceptors (Lipinski definition) is 7.